The number of amides is 2. The Hall–Kier alpha value is -3.68. The summed E-state index contributed by atoms with van der Waals surface area (Å²) in [6.07, 6.45) is 0. The number of hydrogen-bond donors (Lipinski definition) is 1. The molecule has 1 N–H and O–H groups in total. The summed E-state index contributed by atoms with van der Waals surface area (Å²) in [5, 5.41) is 4.49. The van der Waals surface area contributed by atoms with Crippen LogP contribution >= 0.6 is 22.7 Å². The van der Waals surface area contributed by atoms with Crippen LogP contribution in [-0.4, -0.2) is 54.4 Å². The number of sulfone groups is 1. The molecule has 13 heteroatoms. The van der Waals surface area contributed by atoms with E-state index in [1.165, 1.54) is 18.4 Å². The third-order valence-electron chi connectivity index (χ3n) is 5.15. The van der Waals surface area contributed by atoms with Crippen LogP contribution in [0.1, 0.15) is 17.3 Å². The number of carbonyl (C=O) groups excluding carboxylic acids is 3. The fraction of sp³-hybridized carbons (Fsp3) is 0.208. The van der Waals surface area contributed by atoms with Gasteiger partial charge in [-0.05, 0) is 25.1 Å². The van der Waals surface area contributed by atoms with Crippen LogP contribution in [0.4, 0.5) is 5.13 Å². The number of aromatic nitrogens is 2. The molecule has 0 aliphatic carbocycles. The number of rotatable bonds is 8. The molecule has 0 aliphatic heterocycles. The van der Waals surface area contributed by atoms with Crippen LogP contribution in [0.2, 0.25) is 0 Å². The number of anilines is 1. The lowest BCUT2D eigenvalue weighted by Crippen LogP contribution is -2.28. The number of hydrogen-bond acceptors (Lipinski definition) is 9. The monoisotopic (exact) mass is 558 g/mol. The maximum absolute atomic E-state index is 12.5. The summed E-state index contributed by atoms with van der Waals surface area (Å²) in [6, 6.07) is 14.3. The van der Waals surface area contributed by atoms with Gasteiger partial charge in [0.05, 0.1) is 28.6 Å². The Labute approximate surface area is 220 Å². The quantitative estimate of drug-likeness (QED) is 0.328. The molecular weight excluding hydrogens is 536 g/mol. The van der Waals surface area contributed by atoms with E-state index in [-0.39, 0.29) is 5.13 Å². The van der Waals surface area contributed by atoms with Crippen molar-refractivity contribution in [1.29, 1.82) is 0 Å². The van der Waals surface area contributed by atoms with Gasteiger partial charge in [-0.2, -0.15) is 4.99 Å². The number of nitrogens with zero attached hydrogens (tertiary/aromatic N) is 3. The van der Waals surface area contributed by atoms with Gasteiger partial charge in [-0.1, -0.05) is 41.7 Å². The molecule has 0 atom stereocenters. The molecule has 0 bridgehead atoms. The number of aryl methyl sites for hydroxylation is 1. The summed E-state index contributed by atoms with van der Waals surface area (Å²) >= 11 is 2.32. The first kappa shape index (κ1) is 26.4. The van der Waals surface area contributed by atoms with Crippen molar-refractivity contribution >= 4 is 65.6 Å². The Kier molecular flexibility index (Phi) is 7.95. The van der Waals surface area contributed by atoms with E-state index in [4.69, 9.17) is 4.74 Å². The minimum atomic E-state index is -4.08. The molecule has 192 valence electrons. The Morgan fingerprint density at radius 1 is 1.11 bits per heavy atom. The lowest BCUT2D eigenvalue weighted by molar-refractivity contribution is -0.115. The van der Waals surface area contributed by atoms with Crippen molar-refractivity contribution in [2.45, 2.75) is 13.5 Å². The summed E-state index contributed by atoms with van der Waals surface area (Å²) in [4.78, 5) is 45.3. The lowest BCUT2D eigenvalue weighted by atomic mass is 10.2. The molecule has 0 aliphatic rings. The van der Waals surface area contributed by atoms with Crippen LogP contribution in [0, 0.1) is 0 Å². The average Bonchev–Trinajstić information content (AvgIpc) is 3.46. The first-order valence-electron chi connectivity index (χ1n) is 11.0. The van der Waals surface area contributed by atoms with E-state index in [0.717, 1.165) is 22.4 Å². The SMILES string of the molecule is CCn1c(=NC(=O)CS(=O)(=O)CC(=O)Nc2nc(-c3ccccc3)cs2)sc2cc(C(=O)OC)ccc21. The summed E-state index contributed by atoms with van der Waals surface area (Å²) in [5.74, 6) is -3.97. The Balaban J connectivity index is 1.45. The van der Waals surface area contributed by atoms with Gasteiger partial charge in [-0.25, -0.2) is 18.2 Å². The van der Waals surface area contributed by atoms with E-state index < -0.39 is 39.1 Å². The maximum Gasteiger partial charge on any atom is 0.337 e. The number of thiazole rings is 2. The molecule has 0 fully saturated rings. The van der Waals surface area contributed by atoms with Gasteiger partial charge in [0.15, 0.2) is 19.8 Å². The number of nitrogens with one attached hydrogen (secondary N) is 1. The molecular formula is C24H22N4O6S3. The normalized spacial score (nSPS) is 12.0. The van der Waals surface area contributed by atoms with Crippen molar-refractivity contribution in [3.8, 4) is 11.3 Å². The van der Waals surface area contributed by atoms with E-state index in [1.807, 2.05) is 37.3 Å². The van der Waals surface area contributed by atoms with Crippen molar-refractivity contribution in [3.05, 3.63) is 64.3 Å². The Bertz CT molecular complexity index is 1650. The molecule has 37 heavy (non-hydrogen) atoms. The van der Waals surface area contributed by atoms with Crippen LogP contribution in [0.5, 0.6) is 0 Å². The largest absolute Gasteiger partial charge is 0.465 e. The van der Waals surface area contributed by atoms with Gasteiger partial charge in [-0.3, -0.25) is 9.59 Å². The molecule has 2 amide bonds. The molecule has 0 spiro atoms. The van der Waals surface area contributed by atoms with Gasteiger partial charge >= 0.3 is 5.97 Å². The molecule has 0 saturated heterocycles. The topological polar surface area (TPSA) is 137 Å². The van der Waals surface area contributed by atoms with Crippen LogP contribution in [-0.2, 0) is 30.7 Å². The molecule has 2 heterocycles. The van der Waals surface area contributed by atoms with Gasteiger partial charge < -0.3 is 14.6 Å². The fourth-order valence-corrected chi connectivity index (χ4v) is 6.42. The first-order valence-corrected chi connectivity index (χ1v) is 14.5. The van der Waals surface area contributed by atoms with Crippen LogP contribution in [0.15, 0.2) is 58.9 Å². The van der Waals surface area contributed by atoms with Crippen LogP contribution in [0.25, 0.3) is 21.5 Å². The minimum absolute atomic E-state index is 0.260. The van der Waals surface area contributed by atoms with E-state index in [1.54, 1.807) is 28.1 Å². The molecule has 0 saturated carbocycles. The van der Waals surface area contributed by atoms with Crippen LogP contribution < -0.4 is 10.1 Å². The second-order valence-corrected chi connectivity index (χ2v) is 11.7. The summed E-state index contributed by atoms with van der Waals surface area (Å²) in [6.45, 7) is 2.32. The maximum atomic E-state index is 12.5. The predicted molar refractivity (Wildman–Crippen MR) is 142 cm³/mol. The van der Waals surface area contributed by atoms with Gasteiger partial charge in [0, 0.05) is 17.5 Å². The molecule has 10 nitrogen and oxygen atoms in total. The highest BCUT2D eigenvalue weighted by Crippen LogP contribution is 2.24. The smallest absolute Gasteiger partial charge is 0.337 e. The number of carbonyl (C=O) groups is 3. The van der Waals surface area contributed by atoms with Gasteiger partial charge in [0.25, 0.3) is 5.91 Å². The van der Waals surface area contributed by atoms with Crippen molar-refractivity contribution in [3.63, 3.8) is 0 Å². The third kappa shape index (κ3) is 6.37. The predicted octanol–water partition coefficient (Wildman–Crippen LogP) is 3.11. The van der Waals surface area contributed by atoms with Gasteiger partial charge in [-0.15, -0.1) is 11.3 Å². The number of ether oxygens (including phenoxy) is 1. The lowest BCUT2D eigenvalue weighted by Gasteiger charge is -2.03. The minimum Gasteiger partial charge on any atom is -0.465 e. The Morgan fingerprint density at radius 2 is 1.86 bits per heavy atom. The summed E-state index contributed by atoms with van der Waals surface area (Å²) < 4.78 is 32.2. The highest BCUT2D eigenvalue weighted by Gasteiger charge is 2.22. The van der Waals surface area contributed by atoms with Crippen molar-refractivity contribution in [1.82, 2.24) is 9.55 Å². The van der Waals surface area contributed by atoms with Gasteiger partial charge in [0.2, 0.25) is 5.91 Å². The second-order valence-electron chi connectivity index (χ2n) is 7.79. The third-order valence-corrected chi connectivity index (χ3v) is 8.34. The number of benzene rings is 2. The first-order chi connectivity index (χ1) is 17.7. The van der Waals surface area contributed by atoms with E-state index in [0.29, 0.717) is 27.3 Å². The molecule has 0 radical (unpaired) electrons. The molecule has 0 unspecified atom stereocenters. The Morgan fingerprint density at radius 3 is 2.57 bits per heavy atom. The zero-order valence-electron chi connectivity index (χ0n) is 19.8. The molecule has 2 aromatic carbocycles. The highest BCUT2D eigenvalue weighted by atomic mass is 32.2. The van der Waals surface area contributed by atoms with Gasteiger partial charge in [0.1, 0.15) is 11.5 Å². The molecule has 4 aromatic rings. The highest BCUT2D eigenvalue weighted by molar-refractivity contribution is 7.92. The molecule has 2 aromatic heterocycles. The number of fused-ring (bicyclic) bond motifs is 1. The average molecular weight is 559 g/mol. The zero-order chi connectivity index (χ0) is 26.6. The van der Waals surface area contributed by atoms with Crippen molar-refractivity contribution in [2.24, 2.45) is 4.99 Å². The van der Waals surface area contributed by atoms with Crippen molar-refractivity contribution < 1.29 is 27.5 Å². The van der Waals surface area contributed by atoms with Crippen LogP contribution in [0.3, 0.4) is 0 Å². The standard InChI is InChI=1S/C24H22N4O6S3/c1-3-28-18-10-9-16(22(31)34-2)11-19(18)36-24(28)27-21(30)14-37(32,33)13-20(29)26-23-25-17(12-35-23)15-7-5-4-6-8-15/h4-12H,3,13-14H2,1-2H3,(H,25,26,29). The van der Waals surface area contributed by atoms with E-state index >= 15 is 0 Å². The zero-order valence-corrected chi connectivity index (χ0v) is 22.3. The number of esters is 1. The van der Waals surface area contributed by atoms with Crippen molar-refractivity contribution in [2.75, 3.05) is 23.9 Å². The number of methoxy groups -OCH3 is 1. The second kappa shape index (κ2) is 11.2. The molecule has 4 rings (SSSR count). The summed E-state index contributed by atoms with van der Waals surface area (Å²) in [7, 11) is -2.80. The van der Waals surface area contributed by atoms with E-state index in [9.17, 15) is 22.8 Å². The fourth-order valence-electron chi connectivity index (χ4n) is 3.51. The summed E-state index contributed by atoms with van der Waals surface area (Å²) in [5.41, 5.74) is 2.62. The van der Waals surface area contributed by atoms with E-state index in [2.05, 4.69) is 15.3 Å².